The monoisotopic (exact) mass is 266 g/mol. The highest BCUT2D eigenvalue weighted by Crippen LogP contribution is 2.31. The molecule has 2 rings (SSSR count). The second kappa shape index (κ2) is 6.25. The predicted molar refractivity (Wildman–Crippen MR) is 70.6 cm³/mol. The molecule has 1 aliphatic heterocycles. The molecule has 1 fully saturated rings. The Labute approximate surface area is 113 Å². The Morgan fingerprint density at radius 1 is 1.53 bits per heavy atom. The third kappa shape index (κ3) is 3.01. The molecule has 0 atom stereocenters. The molecule has 0 spiro atoms. The fourth-order valence-corrected chi connectivity index (χ4v) is 2.51. The first-order valence-electron chi connectivity index (χ1n) is 6.89. The Kier molecular flexibility index (Phi) is 4.66. The fourth-order valence-electron chi connectivity index (χ4n) is 2.51. The lowest BCUT2D eigenvalue weighted by atomic mass is 9.75. The van der Waals surface area contributed by atoms with Crippen LogP contribution in [-0.4, -0.2) is 40.3 Å². The van der Waals surface area contributed by atoms with Gasteiger partial charge in [-0.2, -0.15) is 5.10 Å². The standard InChI is InChI=1S/C13H22N4O2/c1-2-5-17-12(15-10-16-17)8-11(18)13(9-14)3-6-19-7-4-13/h10H,2-9,14H2,1H3. The predicted octanol–water partition coefficient (Wildman–Crippen LogP) is 0.555. The molecule has 0 unspecified atom stereocenters. The molecular formula is C13H22N4O2. The van der Waals surface area contributed by atoms with E-state index in [0.717, 1.165) is 18.8 Å². The van der Waals surface area contributed by atoms with Crippen LogP contribution in [0.4, 0.5) is 0 Å². The number of ether oxygens (including phenoxy) is 1. The summed E-state index contributed by atoms with van der Waals surface area (Å²) in [6.07, 6.45) is 4.23. The number of Topliss-reactive ketones (excluding diaryl/α,β-unsaturated/α-hetero) is 1. The molecule has 2 N–H and O–H groups in total. The maximum Gasteiger partial charge on any atom is 0.148 e. The van der Waals surface area contributed by atoms with Gasteiger partial charge in [0.15, 0.2) is 0 Å². The number of hydrogen-bond acceptors (Lipinski definition) is 5. The van der Waals surface area contributed by atoms with Gasteiger partial charge in [0.1, 0.15) is 17.9 Å². The van der Waals surface area contributed by atoms with E-state index in [1.165, 1.54) is 6.33 Å². The van der Waals surface area contributed by atoms with Gasteiger partial charge in [-0.05, 0) is 19.3 Å². The zero-order valence-electron chi connectivity index (χ0n) is 11.5. The second-order valence-corrected chi connectivity index (χ2v) is 5.10. The smallest absolute Gasteiger partial charge is 0.148 e. The second-order valence-electron chi connectivity index (χ2n) is 5.10. The third-order valence-corrected chi connectivity index (χ3v) is 3.88. The number of nitrogens with zero attached hydrogens (tertiary/aromatic N) is 3. The van der Waals surface area contributed by atoms with Gasteiger partial charge in [-0.1, -0.05) is 6.92 Å². The van der Waals surface area contributed by atoms with Crippen molar-refractivity contribution in [2.75, 3.05) is 19.8 Å². The highest BCUT2D eigenvalue weighted by Gasteiger charge is 2.38. The number of nitrogens with two attached hydrogens (primary N) is 1. The minimum absolute atomic E-state index is 0.170. The molecule has 0 aliphatic carbocycles. The quantitative estimate of drug-likeness (QED) is 0.813. The Balaban J connectivity index is 2.08. The molecule has 1 aromatic heterocycles. The number of carbonyl (C=O) groups is 1. The van der Waals surface area contributed by atoms with Gasteiger partial charge in [0.25, 0.3) is 0 Å². The minimum atomic E-state index is -0.429. The minimum Gasteiger partial charge on any atom is -0.381 e. The van der Waals surface area contributed by atoms with Crippen molar-refractivity contribution in [2.24, 2.45) is 11.1 Å². The molecule has 1 aliphatic rings. The first-order chi connectivity index (χ1) is 9.22. The van der Waals surface area contributed by atoms with Crippen LogP contribution in [0.3, 0.4) is 0 Å². The van der Waals surface area contributed by atoms with Crippen LogP contribution in [0.2, 0.25) is 0 Å². The van der Waals surface area contributed by atoms with Gasteiger partial charge >= 0.3 is 0 Å². The number of aryl methyl sites for hydroxylation is 1. The number of ketones is 1. The fraction of sp³-hybridized carbons (Fsp3) is 0.769. The van der Waals surface area contributed by atoms with Crippen LogP contribution in [0.15, 0.2) is 6.33 Å². The summed E-state index contributed by atoms with van der Waals surface area (Å²) in [7, 11) is 0. The van der Waals surface area contributed by atoms with E-state index in [1.54, 1.807) is 4.68 Å². The summed E-state index contributed by atoms with van der Waals surface area (Å²) in [5.74, 6) is 0.912. The van der Waals surface area contributed by atoms with Crippen molar-refractivity contribution < 1.29 is 9.53 Å². The Bertz CT molecular complexity index is 424. The zero-order valence-corrected chi connectivity index (χ0v) is 11.5. The summed E-state index contributed by atoms with van der Waals surface area (Å²) in [6.45, 7) is 4.49. The molecule has 0 radical (unpaired) electrons. The van der Waals surface area contributed by atoms with Gasteiger partial charge in [0.2, 0.25) is 0 Å². The first-order valence-corrected chi connectivity index (χ1v) is 6.89. The first kappa shape index (κ1) is 14.1. The van der Waals surface area contributed by atoms with E-state index in [2.05, 4.69) is 17.0 Å². The summed E-state index contributed by atoms with van der Waals surface area (Å²) in [5.41, 5.74) is 5.42. The van der Waals surface area contributed by atoms with Gasteiger partial charge < -0.3 is 10.5 Å². The van der Waals surface area contributed by atoms with Crippen LogP contribution in [0.1, 0.15) is 32.0 Å². The molecule has 0 aromatic carbocycles. The van der Waals surface area contributed by atoms with Crippen molar-refractivity contribution in [3.05, 3.63) is 12.2 Å². The molecule has 106 valence electrons. The van der Waals surface area contributed by atoms with E-state index in [-0.39, 0.29) is 5.78 Å². The van der Waals surface area contributed by atoms with Crippen molar-refractivity contribution in [1.82, 2.24) is 14.8 Å². The lowest BCUT2D eigenvalue weighted by Crippen LogP contribution is -2.44. The van der Waals surface area contributed by atoms with Crippen molar-refractivity contribution >= 4 is 5.78 Å². The molecule has 0 saturated carbocycles. The Morgan fingerprint density at radius 3 is 2.89 bits per heavy atom. The summed E-state index contributed by atoms with van der Waals surface area (Å²) >= 11 is 0. The van der Waals surface area contributed by atoms with Gasteiger partial charge in [-0.3, -0.25) is 4.79 Å². The summed E-state index contributed by atoms with van der Waals surface area (Å²) in [6, 6.07) is 0. The number of rotatable bonds is 6. The Hall–Kier alpha value is -1.27. The van der Waals surface area contributed by atoms with Crippen molar-refractivity contribution in [1.29, 1.82) is 0 Å². The molecule has 2 heterocycles. The van der Waals surface area contributed by atoms with Crippen LogP contribution >= 0.6 is 0 Å². The summed E-state index contributed by atoms with van der Waals surface area (Å²) < 4.78 is 7.14. The maximum absolute atomic E-state index is 12.6. The average molecular weight is 266 g/mol. The Morgan fingerprint density at radius 2 is 2.26 bits per heavy atom. The van der Waals surface area contributed by atoms with E-state index in [9.17, 15) is 4.79 Å². The highest BCUT2D eigenvalue weighted by atomic mass is 16.5. The topological polar surface area (TPSA) is 83.0 Å². The molecule has 6 heteroatoms. The molecule has 1 aromatic rings. The lowest BCUT2D eigenvalue weighted by Gasteiger charge is -2.34. The molecule has 0 amide bonds. The van der Waals surface area contributed by atoms with Crippen molar-refractivity contribution in [3.63, 3.8) is 0 Å². The molecule has 19 heavy (non-hydrogen) atoms. The van der Waals surface area contributed by atoms with Crippen LogP contribution in [-0.2, 0) is 22.5 Å². The normalized spacial score (nSPS) is 18.4. The highest BCUT2D eigenvalue weighted by molar-refractivity contribution is 5.86. The van der Waals surface area contributed by atoms with Crippen LogP contribution < -0.4 is 5.73 Å². The summed E-state index contributed by atoms with van der Waals surface area (Å²) in [5, 5.41) is 4.15. The van der Waals surface area contributed by atoms with Crippen LogP contribution in [0, 0.1) is 5.41 Å². The number of carbonyl (C=O) groups excluding carboxylic acids is 1. The molecule has 1 saturated heterocycles. The van der Waals surface area contributed by atoms with Gasteiger partial charge in [0.05, 0.1) is 6.42 Å². The van der Waals surface area contributed by atoms with Gasteiger partial charge in [0, 0.05) is 31.7 Å². The largest absolute Gasteiger partial charge is 0.381 e. The van der Waals surface area contributed by atoms with Crippen LogP contribution in [0.25, 0.3) is 0 Å². The van der Waals surface area contributed by atoms with Gasteiger partial charge in [-0.25, -0.2) is 9.67 Å². The molecule has 0 bridgehead atoms. The van der Waals surface area contributed by atoms with Crippen LogP contribution in [0.5, 0.6) is 0 Å². The number of hydrogen-bond donors (Lipinski definition) is 1. The van der Waals surface area contributed by atoms with E-state index in [4.69, 9.17) is 10.5 Å². The lowest BCUT2D eigenvalue weighted by molar-refractivity contribution is -0.133. The zero-order chi connectivity index (χ0) is 13.7. The van der Waals surface area contributed by atoms with E-state index in [1.807, 2.05) is 0 Å². The van der Waals surface area contributed by atoms with Crippen molar-refractivity contribution in [2.45, 2.75) is 39.2 Å². The van der Waals surface area contributed by atoms with E-state index in [0.29, 0.717) is 39.0 Å². The van der Waals surface area contributed by atoms with E-state index >= 15 is 0 Å². The molecular weight excluding hydrogens is 244 g/mol. The summed E-state index contributed by atoms with van der Waals surface area (Å²) in [4.78, 5) is 16.8. The third-order valence-electron chi connectivity index (χ3n) is 3.88. The van der Waals surface area contributed by atoms with Crippen molar-refractivity contribution in [3.8, 4) is 0 Å². The maximum atomic E-state index is 12.6. The SMILES string of the molecule is CCCn1ncnc1CC(=O)C1(CN)CCOCC1. The number of aromatic nitrogens is 3. The van der Waals surface area contributed by atoms with Gasteiger partial charge in [-0.15, -0.1) is 0 Å². The van der Waals surface area contributed by atoms with E-state index < -0.39 is 5.41 Å². The molecule has 6 nitrogen and oxygen atoms in total. The average Bonchev–Trinajstić information content (AvgIpc) is 2.87.